The predicted octanol–water partition coefficient (Wildman–Crippen LogP) is 3.32. The second-order valence-corrected chi connectivity index (χ2v) is 6.95. The van der Waals surface area contributed by atoms with Crippen LogP contribution in [-0.2, 0) is 11.3 Å². The Morgan fingerprint density at radius 2 is 2.00 bits per heavy atom. The van der Waals surface area contributed by atoms with Crippen molar-refractivity contribution < 1.29 is 9.53 Å². The molecule has 158 valence electrons. The molecule has 0 aliphatic heterocycles. The van der Waals surface area contributed by atoms with E-state index in [2.05, 4.69) is 27.9 Å². The zero-order valence-corrected chi connectivity index (χ0v) is 19.5. The minimum absolute atomic E-state index is 0. The van der Waals surface area contributed by atoms with Gasteiger partial charge in [-0.2, -0.15) is 0 Å². The maximum Gasteiger partial charge on any atom is 0.251 e. The van der Waals surface area contributed by atoms with Gasteiger partial charge in [-0.1, -0.05) is 19.1 Å². The van der Waals surface area contributed by atoms with Crippen molar-refractivity contribution in [3.8, 4) is 0 Å². The van der Waals surface area contributed by atoms with Gasteiger partial charge in [-0.25, -0.2) is 4.99 Å². The Kier molecular flexibility index (Phi) is 12.9. The van der Waals surface area contributed by atoms with Crippen LogP contribution in [0.15, 0.2) is 29.3 Å². The van der Waals surface area contributed by atoms with Gasteiger partial charge in [-0.05, 0) is 56.2 Å². The van der Waals surface area contributed by atoms with Crippen LogP contribution in [0.5, 0.6) is 0 Å². The van der Waals surface area contributed by atoms with E-state index in [-0.39, 0.29) is 29.9 Å². The molecule has 0 bridgehead atoms. The quantitative estimate of drug-likeness (QED) is 0.178. The standard InChI is InChI=1S/C21H34N4O2.HI/c1-3-11-23-20(26)19-8-5-7-18(14-19)15-25-21(22-4-2)24-12-6-13-27-16-17-9-10-17;/h5,7-8,14,17H,3-4,6,9-13,15-16H2,1-2H3,(H,23,26)(H2,22,24,25);1H. The van der Waals surface area contributed by atoms with Crippen LogP contribution in [0.3, 0.4) is 0 Å². The van der Waals surface area contributed by atoms with Gasteiger partial charge < -0.3 is 20.7 Å². The predicted molar refractivity (Wildman–Crippen MR) is 125 cm³/mol. The number of hydrogen-bond acceptors (Lipinski definition) is 3. The van der Waals surface area contributed by atoms with Crippen LogP contribution in [0.2, 0.25) is 0 Å². The van der Waals surface area contributed by atoms with Crippen LogP contribution in [0.4, 0.5) is 0 Å². The Bertz CT molecular complexity index is 606. The molecule has 0 atom stereocenters. The summed E-state index contributed by atoms with van der Waals surface area (Å²) in [5.74, 6) is 1.58. The van der Waals surface area contributed by atoms with Gasteiger partial charge in [0.1, 0.15) is 0 Å². The number of benzene rings is 1. The lowest BCUT2D eigenvalue weighted by Crippen LogP contribution is -2.38. The number of amides is 1. The van der Waals surface area contributed by atoms with Crippen molar-refractivity contribution in [2.45, 2.75) is 46.1 Å². The van der Waals surface area contributed by atoms with Gasteiger partial charge in [0, 0.05) is 38.4 Å². The normalized spacial score (nSPS) is 13.6. The van der Waals surface area contributed by atoms with Gasteiger partial charge in [0.2, 0.25) is 0 Å². The first-order valence-electron chi connectivity index (χ1n) is 10.2. The third-order valence-corrected chi connectivity index (χ3v) is 4.30. The fraction of sp³-hybridized carbons (Fsp3) is 0.619. The first-order chi connectivity index (χ1) is 13.2. The molecule has 1 fully saturated rings. The molecule has 1 aliphatic carbocycles. The first-order valence-corrected chi connectivity index (χ1v) is 10.2. The highest BCUT2D eigenvalue weighted by molar-refractivity contribution is 14.0. The number of nitrogens with one attached hydrogen (secondary N) is 3. The van der Waals surface area contributed by atoms with E-state index in [1.807, 2.05) is 31.2 Å². The second kappa shape index (κ2) is 14.6. The molecule has 0 aromatic heterocycles. The molecule has 1 aliphatic rings. The number of hydrogen-bond donors (Lipinski definition) is 3. The number of ether oxygens (including phenoxy) is 1. The van der Waals surface area contributed by atoms with Crippen LogP contribution in [-0.4, -0.2) is 44.7 Å². The smallest absolute Gasteiger partial charge is 0.251 e. The van der Waals surface area contributed by atoms with E-state index >= 15 is 0 Å². The lowest BCUT2D eigenvalue weighted by Gasteiger charge is -2.11. The van der Waals surface area contributed by atoms with Crippen LogP contribution < -0.4 is 16.0 Å². The number of rotatable bonds is 12. The summed E-state index contributed by atoms with van der Waals surface area (Å²) in [6.07, 6.45) is 4.55. The minimum Gasteiger partial charge on any atom is -0.381 e. The summed E-state index contributed by atoms with van der Waals surface area (Å²) in [6, 6.07) is 7.64. The minimum atomic E-state index is -0.0288. The topological polar surface area (TPSA) is 74.8 Å². The molecule has 2 rings (SSSR count). The number of halogens is 1. The van der Waals surface area contributed by atoms with Gasteiger partial charge in [-0.15, -0.1) is 24.0 Å². The number of carbonyl (C=O) groups excluding carboxylic acids is 1. The number of aliphatic imine (C=N–C) groups is 1. The largest absolute Gasteiger partial charge is 0.381 e. The number of guanidine groups is 1. The summed E-state index contributed by atoms with van der Waals surface area (Å²) in [7, 11) is 0. The summed E-state index contributed by atoms with van der Waals surface area (Å²) in [5, 5.41) is 9.50. The fourth-order valence-corrected chi connectivity index (χ4v) is 2.58. The molecule has 0 saturated heterocycles. The Morgan fingerprint density at radius 1 is 1.18 bits per heavy atom. The maximum atomic E-state index is 12.1. The van der Waals surface area contributed by atoms with E-state index in [9.17, 15) is 4.79 Å². The molecule has 0 heterocycles. The third-order valence-electron chi connectivity index (χ3n) is 4.30. The summed E-state index contributed by atoms with van der Waals surface area (Å²) in [4.78, 5) is 16.7. The van der Waals surface area contributed by atoms with E-state index in [0.29, 0.717) is 18.7 Å². The van der Waals surface area contributed by atoms with Gasteiger partial charge in [0.15, 0.2) is 5.96 Å². The van der Waals surface area contributed by atoms with Crippen LogP contribution in [0.1, 0.15) is 55.5 Å². The van der Waals surface area contributed by atoms with Crippen molar-refractivity contribution in [2.75, 3.05) is 32.8 Å². The highest BCUT2D eigenvalue weighted by atomic mass is 127. The average Bonchev–Trinajstić information content (AvgIpc) is 3.51. The van der Waals surface area contributed by atoms with E-state index in [4.69, 9.17) is 4.74 Å². The molecule has 1 aromatic carbocycles. The van der Waals surface area contributed by atoms with Crippen molar-refractivity contribution in [1.82, 2.24) is 16.0 Å². The van der Waals surface area contributed by atoms with Crippen molar-refractivity contribution >= 4 is 35.8 Å². The summed E-state index contributed by atoms with van der Waals surface area (Å²) in [5.41, 5.74) is 1.70. The van der Waals surface area contributed by atoms with Crippen molar-refractivity contribution in [1.29, 1.82) is 0 Å². The van der Waals surface area contributed by atoms with Crippen LogP contribution >= 0.6 is 24.0 Å². The van der Waals surface area contributed by atoms with E-state index in [1.54, 1.807) is 0 Å². The van der Waals surface area contributed by atoms with Gasteiger partial charge in [-0.3, -0.25) is 4.79 Å². The molecule has 0 unspecified atom stereocenters. The maximum absolute atomic E-state index is 12.1. The molecule has 1 aromatic rings. The van der Waals surface area contributed by atoms with Crippen molar-refractivity contribution in [2.24, 2.45) is 10.9 Å². The molecule has 6 nitrogen and oxygen atoms in total. The molecule has 3 N–H and O–H groups in total. The molecular formula is C21H35IN4O2. The summed E-state index contributed by atoms with van der Waals surface area (Å²) < 4.78 is 5.65. The van der Waals surface area contributed by atoms with Crippen molar-refractivity contribution in [3.63, 3.8) is 0 Å². The molecule has 0 spiro atoms. The Labute approximate surface area is 186 Å². The lowest BCUT2D eigenvalue weighted by molar-refractivity contribution is 0.0953. The highest BCUT2D eigenvalue weighted by Gasteiger charge is 2.20. The second-order valence-electron chi connectivity index (χ2n) is 6.95. The Hall–Kier alpha value is -1.35. The monoisotopic (exact) mass is 502 g/mol. The fourth-order valence-electron chi connectivity index (χ4n) is 2.58. The van der Waals surface area contributed by atoms with E-state index in [1.165, 1.54) is 12.8 Å². The Balaban J connectivity index is 0.00000392. The van der Waals surface area contributed by atoms with Gasteiger partial charge in [0.05, 0.1) is 6.54 Å². The third kappa shape index (κ3) is 10.3. The molecular weight excluding hydrogens is 467 g/mol. The SMILES string of the molecule is CCCNC(=O)c1cccc(CN=C(NCC)NCCCOCC2CC2)c1.I. The highest BCUT2D eigenvalue weighted by Crippen LogP contribution is 2.28. The Morgan fingerprint density at radius 3 is 2.71 bits per heavy atom. The van der Waals surface area contributed by atoms with E-state index < -0.39 is 0 Å². The average molecular weight is 502 g/mol. The first kappa shape index (κ1) is 24.7. The van der Waals surface area contributed by atoms with Crippen LogP contribution in [0.25, 0.3) is 0 Å². The summed E-state index contributed by atoms with van der Waals surface area (Å²) in [6.45, 7) is 8.66. The zero-order chi connectivity index (χ0) is 19.3. The molecule has 28 heavy (non-hydrogen) atoms. The zero-order valence-electron chi connectivity index (χ0n) is 17.1. The molecule has 0 radical (unpaired) electrons. The molecule has 1 saturated carbocycles. The molecule has 7 heteroatoms. The summed E-state index contributed by atoms with van der Waals surface area (Å²) >= 11 is 0. The lowest BCUT2D eigenvalue weighted by atomic mass is 10.1. The van der Waals surface area contributed by atoms with E-state index in [0.717, 1.165) is 56.6 Å². The van der Waals surface area contributed by atoms with Crippen LogP contribution in [0, 0.1) is 5.92 Å². The van der Waals surface area contributed by atoms with Gasteiger partial charge >= 0.3 is 0 Å². The van der Waals surface area contributed by atoms with Gasteiger partial charge in [0.25, 0.3) is 5.91 Å². The molecule has 1 amide bonds. The number of carbonyl (C=O) groups is 1. The van der Waals surface area contributed by atoms with Crippen molar-refractivity contribution in [3.05, 3.63) is 35.4 Å². The number of nitrogens with zero attached hydrogens (tertiary/aromatic N) is 1.